The van der Waals surface area contributed by atoms with E-state index in [0.29, 0.717) is 18.6 Å². The van der Waals surface area contributed by atoms with Crippen LogP contribution in [-0.4, -0.2) is 24.1 Å². The van der Waals surface area contributed by atoms with Gasteiger partial charge in [-0.05, 0) is 42.7 Å². The molecule has 0 radical (unpaired) electrons. The van der Waals surface area contributed by atoms with Gasteiger partial charge in [0.25, 0.3) is 0 Å². The topological polar surface area (TPSA) is 64.4 Å². The van der Waals surface area contributed by atoms with Crippen LogP contribution in [0.2, 0.25) is 0 Å². The molecule has 3 atom stereocenters. The van der Waals surface area contributed by atoms with Crippen molar-refractivity contribution in [2.45, 2.75) is 49.8 Å². The Balaban J connectivity index is 1.87. The van der Waals surface area contributed by atoms with Gasteiger partial charge in [-0.25, -0.2) is 0 Å². The van der Waals surface area contributed by atoms with Crippen molar-refractivity contribution in [3.05, 3.63) is 80.9 Å². The Bertz CT molecular complexity index is 938. The van der Waals surface area contributed by atoms with Crippen LogP contribution >= 0.6 is 0 Å². The number of piperidine rings is 1. The van der Waals surface area contributed by atoms with E-state index in [0.717, 1.165) is 5.56 Å². The van der Waals surface area contributed by atoms with Crippen LogP contribution in [0.3, 0.4) is 0 Å². The molecule has 0 spiro atoms. The van der Waals surface area contributed by atoms with Gasteiger partial charge < -0.3 is 4.74 Å². The summed E-state index contributed by atoms with van der Waals surface area (Å²) in [5.41, 5.74) is -3.19. The molecular weight excluding hydrogens is 454 g/mol. The zero-order chi connectivity index (χ0) is 24.4. The maximum absolute atomic E-state index is 13.2. The van der Waals surface area contributed by atoms with Crippen LogP contribution in [0.5, 0.6) is 0 Å². The first-order valence-corrected chi connectivity index (χ1v) is 10.2. The van der Waals surface area contributed by atoms with E-state index in [4.69, 9.17) is 4.74 Å². The Kier molecular flexibility index (Phi) is 7.04. The molecule has 11 heteroatoms. The first-order chi connectivity index (χ1) is 15.3. The number of nitrogens with one attached hydrogen (secondary N) is 1. The molecule has 0 saturated carbocycles. The van der Waals surface area contributed by atoms with Crippen molar-refractivity contribution in [3.63, 3.8) is 0 Å². The number of halogens is 6. The van der Waals surface area contributed by atoms with Gasteiger partial charge in [-0.15, -0.1) is 0 Å². The summed E-state index contributed by atoms with van der Waals surface area (Å²) in [4.78, 5) is 10.7. The predicted molar refractivity (Wildman–Crippen MR) is 107 cm³/mol. The maximum atomic E-state index is 13.2. The highest BCUT2D eigenvalue weighted by Gasteiger charge is 2.41. The lowest BCUT2D eigenvalue weighted by molar-refractivity contribution is -0.524. The van der Waals surface area contributed by atoms with Gasteiger partial charge in [0.2, 0.25) is 6.04 Å². The van der Waals surface area contributed by atoms with E-state index in [9.17, 15) is 36.5 Å². The smallest absolute Gasteiger partial charge is 0.372 e. The fourth-order valence-electron chi connectivity index (χ4n) is 3.88. The fraction of sp³-hybridized carbons (Fsp3) is 0.455. The number of benzene rings is 2. The van der Waals surface area contributed by atoms with Crippen LogP contribution in [0.25, 0.3) is 0 Å². The van der Waals surface area contributed by atoms with Crippen molar-refractivity contribution < 1.29 is 36.0 Å². The summed E-state index contributed by atoms with van der Waals surface area (Å²) in [5.74, 6) is 0. The maximum Gasteiger partial charge on any atom is 0.416 e. The van der Waals surface area contributed by atoms with Gasteiger partial charge in [0.1, 0.15) is 0 Å². The molecule has 0 bridgehead atoms. The molecule has 1 heterocycles. The molecule has 0 aromatic heterocycles. The molecule has 2 aromatic rings. The third kappa shape index (κ3) is 5.83. The first-order valence-electron chi connectivity index (χ1n) is 10.2. The predicted octanol–water partition coefficient (Wildman–Crippen LogP) is 5.73. The van der Waals surface area contributed by atoms with Gasteiger partial charge in [0.05, 0.1) is 35.9 Å². The number of alkyl halides is 6. The van der Waals surface area contributed by atoms with Gasteiger partial charge >= 0.3 is 12.4 Å². The zero-order valence-electron chi connectivity index (χ0n) is 17.5. The molecule has 1 aliphatic rings. The molecule has 3 rings (SSSR count). The van der Waals surface area contributed by atoms with Crippen molar-refractivity contribution in [2.24, 2.45) is 0 Å². The Morgan fingerprint density at radius 2 is 1.67 bits per heavy atom. The number of hydrogen-bond acceptors (Lipinski definition) is 4. The minimum Gasteiger partial charge on any atom is -0.372 e. The highest BCUT2D eigenvalue weighted by molar-refractivity contribution is 5.35. The highest BCUT2D eigenvalue weighted by atomic mass is 19.4. The number of nitrogens with zero attached hydrogens (tertiary/aromatic N) is 1. The lowest BCUT2D eigenvalue weighted by atomic mass is 9.81. The highest BCUT2D eigenvalue weighted by Crippen LogP contribution is 2.39. The van der Waals surface area contributed by atoms with E-state index in [1.807, 2.05) is 0 Å². The molecule has 2 aromatic carbocycles. The first kappa shape index (κ1) is 25.0. The van der Waals surface area contributed by atoms with E-state index < -0.39 is 41.2 Å². The van der Waals surface area contributed by atoms with Crippen molar-refractivity contribution >= 4 is 0 Å². The second-order valence-electron chi connectivity index (χ2n) is 8.10. The number of ether oxygens (including phenoxy) is 1. The van der Waals surface area contributed by atoms with Crippen molar-refractivity contribution in [2.75, 3.05) is 13.2 Å². The van der Waals surface area contributed by atoms with E-state index in [1.165, 1.54) is 6.92 Å². The van der Waals surface area contributed by atoms with Crippen LogP contribution in [0.1, 0.15) is 48.1 Å². The molecule has 180 valence electrons. The van der Waals surface area contributed by atoms with Crippen LogP contribution in [0.15, 0.2) is 48.5 Å². The third-order valence-electron chi connectivity index (χ3n) is 5.86. The van der Waals surface area contributed by atoms with Crippen LogP contribution in [-0.2, 0) is 22.6 Å². The molecule has 33 heavy (non-hydrogen) atoms. The molecule has 5 nitrogen and oxygen atoms in total. The number of rotatable bonds is 6. The summed E-state index contributed by atoms with van der Waals surface area (Å²) in [5, 5.41) is 14.3. The molecule has 0 aliphatic carbocycles. The third-order valence-corrected chi connectivity index (χ3v) is 5.86. The fourth-order valence-corrected chi connectivity index (χ4v) is 3.88. The Labute approximate surface area is 185 Å². The summed E-state index contributed by atoms with van der Waals surface area (Å²) in [6, 6.07) is 9.47. The molecule has 2 unspecified atom stereocenters. The van der Waals surface area contributed by atoms with E-state index in [2.05, 4.69) is 5.32 Å². The van der Waals surface area contributed by atoms with E-state index in [-0.39, 0.29) is 36.1 Å². The molecule has 1 aliphatic heterocycles. The summed E-state index contributed by atoms with van der Waals surface area (Å²) in [6.45, 7) is 1.33. The van der Waals surface area contributed by atoms with Gasteiger partial charge in [0.15, 0.2) is 0 Å². The van der Waals surface area contributed by atoms with E-state index >= 15 is 0 Å². The lowest BCUT2D eigenvalue weighted by Crippen LogP contribution is -2.54. The van der Waals surface area contributed by atoms with Gasteiger partial charge in [-0.1, -0.05) is 30.3 Å². The standard InChI is InChI=1S/C22H22F6N2O3/c1-14(15-9-17(21(23,24)25)11-18(10-15)22(26,27)28)33-13-20(16-5-3-2-4-6-16)8-7-19(12-29-20)30(31)32/h2-6,9-11,14,19,29H,7-8,12-13H2,1H3/t14?,19?,20-/m1/s1. The SMILES string of the molecule is CC(OC[C@@]1(c2ccccc2)CCC([N+](=O)[O-])CN1)c1cc(C(F)(F)F)cc(C(F)(F)F)c1. The normalized spacial score (nSPS) is 22.7. The minimum absolute atomic E-state index is 0.0570. The van der Waals surface area contributed by atoms with Gasteiger partial charge in [-0.2, -0.15) is 26.3 Å². The molecule has 1 fully saturated rings. The zero-order valence-corrected chi connectivity index (χ0v) is 17.5. The van der Waals surface area contributed by atoms with Crippen LogP contribution < -0.4 is 5.32 Å². The second-order valence-corrected chi connectivity index (χ2v) is 8.10. The minimum atomic E-state index is -4.95. The van der Waals surface area contributed by atoms with Crippen LogP contribution in [0.4, 0.5) is 26.3 Å². The van der Waals surface area contributed by atoms with Crippen LogP contribution in [0, 0.1) is 10.1 Å². The summed E-state index contributed by atoms with van der Waals surface area (Å²) >= 11 is 0. The molecule has 1 N–H and O–H groups in total. The van der Waals surface area contributed by atoms with E-state index in [1.54, 1.807) is 30.3 Å². The molecular formula is C22H22F6N2O3. The van der Waals surface area contributed by atoms with Crippen molar-refractivity contribution in [1.82, 2.24) is 5.32 Å². The number of hydrogen-bond donors (Lipinski definition) is 1. The van der Waals surface area contributed by atoms with Gasteiger partial charge in [0, 0.05) is 11.3 Å². The quantitative estimate of drug-likeness (QED) is 0.329. The Morgan fingerprint density at radius 3 is 2.12 bits per heavy atom. The molecule has 0 amide bonds. The Hall–Kier alpha value is -2.66. The average Bonchev–Trinajstić information content (AvgIpc) is 2.76. The summed E-state index contributed by atoms with van der Waals surface area (Å²) < 4.78 is 84.9. The second kappa shape index (κ2) is 9.30. The summed E-state index contributed by atoms with van der Waals surface area (Å²) in [6.07, 6.45) is -10.4. The number of nitro groups is 1. The lowest BCUT2D eigenvalue weighted by Gasteiger charge is -2.40. The van der Waals surface area contributed by atoms with Crippen molar-refractivity contribution in [3.8, 4) is 0 Å². The summed E-state index contributed by atoms with van der Waals surface area (Å²) in [7, 11) is 0. The Morgan fingerprint density at radius 1 is 1.09 bits per heavy atom. The van der Waals surface area contributed by atoms with Gasteiger partial charge in [-0.3, -0.25) is 15.4 Å². The largest absolute Gasteiger partial charge is 0.416 e. The average molecular weight is 476 g/mol. The molecule has 1 saturated heterocycles. The van der Waals surface area contributed by atoms with Crippen molar-refractivity contribution in [1.29, 1.82) is 0 Å². The monoisotopic (exact) mass is 476 g/mol.